The number of amides is 1. The van der Waals surface area contributed by atoms with Crippen molar-refractivity contribution in [2.45, 2.75) is 65.2 Å². The largest absolute Gasteiger partial charge is 0.449 e. The van der Waals surface area contributed by atoms with E-state index >= 15 is 0 Å². The summed E-state index contributed by atoms with van der Waals surface area (Å²) in [5.41, 5.74) is 0. The van der Waals surface area contributed by atoms with Crippen LogP contribution >= 0.6 is 0 Å². The standard InChI is InChI=1S/C16H30N2O3/c1-3-5-10-15(4-2)13-21-16(20)18-12-9-7-6-8-11-17-14-19/h15H,3-13H2,1-2H3,(H,18,20)/t15-/m0/s1. The molecule has 0 rings (SSSR count). The zero-order valence-corrected chi connectivity index (χ0v) is 13.5. The summed E-state index contributed by atoms with van der Waals surface area (Å²) in [6.07, 6.45) is 9.62. The molecular weight excluding hydrogens is 268 g/mol. The van der Waals surface area contributed by atoms with Crippen LogP contribution in [0.5, 0.6) is 0 Å². The monoisotopic (exact) mass is 298 g/mol. The molecule has 0 radical (unpaired) electrons. The predicted molar refractivity (Wildman–Crippen MR) is 84.1 cm³/mol. The van der Waals surface area contributed by atoms with Crippen LogP contribution in [0.15, 0.2) is 4.99 Å². The van der Waals surface area contributed by atoms with Crippen LogP contribution in [-0.4, -0.2) is 31.9 Å². The van der Waals surface area contributed by atoms with Crippen molar-refractivity contribution in [1.82, 2.24) is 5.32 Å². The van der Waals surface area contributed by atoms with Gasteiger partial charge in [0.25, 0.3) is 0 Å². The topological polar surface area (TPSA) is 67.8 Å². The summed E-state index contributed by atoms with van der Waals surface area (Å²) in [5.74, 6) is 0.481. The maximum absolute atomic E-state index is 11.5. The van der Waals surface area contributed by atoms with Gasteiger partial charge in [-0.15, -0.1) is 0 Å². The number of hydrogen-bond donors (Lipinski definition) is 1. The van der Waals surface area contributed by atoms with Gasteiger partial charge in [0.15, 0.2) is 0 Å². The molecule has 0 aromatic rings. The van der Waals surface area contributed by atoms with Crippen molar-refractivity contribution < 1.29 is 14.3 Å². The number of nitrogens with one attached hydrogen (secondary N) is 1. The Morgan fingerprint density at radius 3 is 2.62 bits per heavy atom. The second kappa shape index (κ2) is 15.0. The number of unbranched alkanes of at least 4 members (excludes halogenated alkanes) is 4. The number of rotatable bonds is 13. The molecule has 5 nitrogen and oxygen atoms in total. The van der Waals surface area contributed by atoms with E-state index in [1.54, 1.807) is 0 Å². The van der Waals surface area contributed by atoms with Gasteiger partial charge in [-0.1, -0.05) is 46.0 Å². The highest BCUT2D eigenvalue weighted by Gasteiger charge is 2.09. The van der Waals surface area contributed by atoms with Crippen molar-refractivity contribution in [3.8, 4) is 0 Å². The first-order valence-electron chi connectivity index (χ1n) is 8.18. The molecule has 0 heterocycles. The highest BCUT2D eigenvalue weighted by Crippen LogP contribution is 2.12. The third-order valence-electron chi connectivity index (χ3n) is 3.52. The van der Waals surface area contributed by atoms with Crippen molar-refractivity contribution in [3.63, 3.8) is 0 Å². The summed E-state index contributed by atoms with van der Waals surface area (Å²) in [4.78, 5) is 24.9. The molecular formula is C16H30N2O3. The Balaban J connectivity index is 3.46. The minimum Gasteiger partial charge on any atom is -0.449 e. The molecule has 21 heavy (non-hydrogen) atoms. The van der Waals surface area contributed by atoms with Gasteiger partial charge in [-0.3, -0.25) is 0 Å². The van der Waals surface area contributed by atoms with Crippen LogP contribution in [0.1, 0.15) is 65.2 Å². The lowest BCUT2D eigenvalue weighted by Crippen LogP contribution is -2.27. The first-order chi connectivity index (χ1) is 10.2. The van der Waals surface area contributed by atoms with Crippen molar-refractivity contribution in [3.05, 3.63) is 0 Å². The van der Waals surface area contributed by atoms with E-state index in [4.69, 9.17) is 4.74 Å². The van der Waals surface area contributed by atoms with Crippen LogP contribution in [-0.2, 0) is 9.53 Å². The number of alkyl carbamates (subject to hydrolysis) is 1. The van der Waals surface area contributed by atoms with Gasteiger partial charge < -0.3 is 10.1 Å². The number of carbonyl (C=O) groups is 1. The molecule has 0 spiro atoms. The van der Waals surface area contributed by atoms with E-state index in [-0.39, 0.29) is 6.09 Å². The van der Waals surface area contributed by atoms with Gasteiger partial charge in [0, 0.05) is 6.54 Å². The third kappa shape index (κ3) is 13.4. The Hall–Kier alpha value is -1.35. The van der Waals surface area contributed by atoms with Gasteiger partial charge in [-0.25, -0.2) is 14.6 Å². The third-order valence-corrected chi connectivity index (χ3v) is 3.52. The van der Waals surface area contributed by atoms with E-state index in [1.807, 2.05) is 0 Å². The van der Waals surface area contributed by atoms with Gasteiger partial charge in [0.05, 0.1) is 13.2 Å². The second-order valence-corrected chi connectivity index (χ2v) is 5.33. The highest BCUT2D eigenvalue weighted by atomic mass is 16.5. The molecule has 1 atom stereocenters. The van der Waals surface area contributed by atoms with Gasteiger partial charge in [0.2, 0.25) is 6.08 Å². The van der Waals surface area contributed by atoms with Crippen molar-refractivity contribution in [2.75, 3.05) is 19.7 Å². The second-order valence-electron chi connectivity index (χ2n) is 5.33. The molecule has 0 saturated carbocycles. The van der Waals surface area contributed by atoms with E-state index in [1.165, 1.54) is 18.9 Å². The number of aliphatic imine (C=N–C) groups is 1. The van der Waals surface area contributed by atoms with E-state index in [9.17, 15) is 9.59 Å². The van der Waals surface area contributed by atoms with Crippen LogP contribution < -0.4 is 5.32 Å². The van der Waals surface area contributed by atoms with Crippen LogP contribution in [0, 0.1) is 5.92 Å². The number of isocyanates is 1. The number of hydrogen-bond acceptors (Lipinski definition) is 4. The normalized spacial score (nSPS) is 11.5. The minimum absolute atomic E-state index is 0.310. The SMILES string of the molecule is CCCC[C@H](CC)COC(=O)NCCCCCCN=C=O. The van der Waals surface area contributed by atoms with Crippen molar-refractivity contribution >= 4 is 12.2 Å². The highest BCUT2D eigenvalue weighted by molar-refractivity contribution is 5.66. The lowest BCUT2D eigenvalue weighted by atomic mass is 10.0. The lowest BCUT2D eigenvalue weighted by molar-refractivity contribution is 0.122. The van der Waals surface area contributed by atoms with Crippen LogP contribution in [0.25, 0.3) is 0 Å². The summed E-state index contributed by atoms with van der Waals surface area (Å²) < 4.78 is 5.24. The summed E-state index contributed by atoms with van der Waals surface area (Å²) in [6, 6.07) is 0. The fraction of sp³-hybridized carbons (Fsp3) is 0.875. The van der Waals surface area contributed by atoms with E-state index in [0.717, 1.165) is 38.5 Å². The van der Waals surface area contributed by atoms with Crippen LogP contribution in [0.4, 0.5) is 4.79 Å². The summed E-state index contributed by atoms with van der Waals surface area (Å²) >= 11 is 0. The predicted octanol–water partition coefficient (Wildman–Crippen LogP) is 3.83. The zero-order chi connectivity index (χ0) is 15.8. The molecule has 1 amide bonds. The lowest BCUT2D eigenvalue weighted by Gasteiger charge is -2.14. The Kier molecular flexibility index (Phi) is 14.1. The molecule has 0 aromatic heterocycles. The van der Waals surface area contributed by atoms with E-state index in [2.05, 4.69) is 24.2 Å². The average molecular weight is 298 g/mol. The average Bonchev–Trinajstić information content (AvgIpc) is 2.50. The first kappa shape index (κ1) is 19.7. The van der Waals surface area contributed by atoms with Crippen LogP contribution in [0.2, 0.25) is 0 Å². The molecule has 0 aliphatic heterocycles. The molecule has 5 heteroatoms. The minimum atomic E-state index is -0.310. The molecule has 0 fully saturated rings. The number of carbonyl (C=O) groups excluding carboxylic acids is 2. The fourth-order valence-electron chi connectivity index (χ4n) is 2.05. The summed E-state index contributed by atoms with van der Waals surface area (Å²) in [5, 5.41) is 2.77. The van der Waals surface area contributed by atoms with Gasteiger partial charge in [-0.2, -0.15) is 0 Å². The van der Waals surface area contributed by atoms with E-state index in [0.29, 0.717) is 25.6 Å². The molecule has 0 unspecified atom stereocenters. The smallest absolute Gasteiger partial charge is 0.407 e. The Labute approximate surface area is 128 Å². The zero-order valence-electron chi connectivity index (χ0n) is 13.5. The Morgan fingerprint density at radius 2 is 1.95 bits per heavy atom. The summed E-state index contributed by atoms with van der Waals surface area (Å²) in [7, 11) is 0. The molecule has 122 valence electrons. The molecule has 1 N–H and O–H groups in total. The fourth-order valence-corrected chi connectivity index (χ4v) is 2.05. The van der Waals surface area contributed by atoms with Crippen molar-refractivity contribution in [1.29, 1.82) is 0 Å². The maximum Gasteiger partial charge on any atom is 0.407 e. The first-order valence-corrected chi connectivity index (χ1v) is 8.18. The molecule has 0 saturated heterocycles. The Morgan fingerprint density at radius 1 is 1.19 bits per heavy atom. The Bertz CT molecular complexity index is 302. The van der Waals surface area contributed by atoms with Crippen molar-refractivity contribution in [2.24, 2.45) is 10.9 Å². The van der Waals surface area contributed by atoms with E-state index < -0.39 is 0 Å². The summed E-state index contributed by atoms with van der Waals surface area (Å²) in [6.45, 7) is 6.02. The molecule has 0 aliphatic rings. The van der Waals surface area contributed by atoms with Crippen LogP contribution in [0.3, 0.4) is 0 Å². The number of nitrogens with zero attached hydrogens (tertiary/aromatic N) is 1. The van der Waals surface area contributed by atoms with Gasteiger partial charge in [0.1, 0.15) is 0 Å². The quantitative estimate of drug-likeness (QED) is 0.319. The van der Waals surface area contributed by atoms with Gasteiger partial charge in [-0.05, 0) is 25.2 Å². The molecule has 0 aliphatic carbocycles. The number of ether oxygens (including phenoxy) is 1. The maximum atomic E-state index is 11.5. The van der Waals surface area contributed by atoms with Gasteiger partial charge >= 0.3 is 6.09 Å². The molecule has 0 aromatic carbocycles. The molecule has 0 bridgehead atoms.